The Kier molecular flexibility index (Phi) is 3.77. The van der Waals surface area contributed by atoms with Crippen LogP contribution in [0, 0.1) is 0 Å². The third-order valence-corrected chi connectivity index (χ3v) is 3.95. The average Bonchev–Trinajstić information content (AvgIpc) is 2.47. The Morgan fingerprint density at radius 3 is 2.27 bits per heavy atom. The summed E-state index contributed by atoms with van der Waals surface area (Å²) in [5.74, 6) is -0.298. The van der Waals surface area contributed by atoms with Crippen LogP contribution < -0.4 is 5.56 Å². The second kappa shape index (κ2) is 5.59. The maximum absolute atomic E-state index is 12.3. The van der Waals surface area contributed by atoms with Gasteiger partial charge in [0.15, 0.2) is 5.78 Å². The molecule has 2 aromatic carbocycles. The third-order valence-electron chi connectivity index (χ3n) is 3.46. The lowest BCUT2D eigenvalue weighted by molar-refractivity contribution is 0.101. The van der Waals surface area contributed by atoms with Gasteiger partial charge in [-0.05, 0) is 42.8 Å². The van der Waals surface area contributed by atoms with Crippen molar-refractivity contribution in [1.29, 1.82) is 0 Å². The highest BCUT2D eigenvalue weighted by Crippen LogP contribution is 2.32. The van der Waals surface area contributed by atoms with Gasteiger partial charge in [0.25, 0.3) is 5.56 Å². The number of nitrogens with one attached hydrogen (secondary N) is 1. The monoisotopic (exact) mass is 331 g/mol. The van der Waals surface area contributed by atoms with E-state index in [1.54, 1.807) is 42.5 Å². The SMILES string of the molecule is CC(=O)c1c(-c2ccc(Cl)cc2)c2cc(Cl)ccc2[nH]c1=O. The van der Waals surface area contributed by atoms with E-state index in [2.05, 4.69) is 4.98 Å². The zero-order valence-corrected chi connectivity index (χ0v) is 13.1. The van der Waals surface area contributed by atoms with Crippen LogP contribution in [0.15, 0.2) is 47.3 Å². The molecule has 0 aliphatic rings. The average molecular weight is 332 g/mol. The van der Waals surface area contributed by atoms with Gasteiger partial charge in [-0.3, -0.25) is 9.59 Å². The van der Waals surface area contributed by atoms with E-state index < -0.39 is 5.56 Å². The van der Waals surface area contributed by atoms with Gasteiger partial charge in [0.05, 0.1) is 5.56 Å². The summed E-state index contributed by atoms with van der Waals surface area (Å²) >= 11 is 12.0. The lowest BCUT2D eigenvalue weighted by Crippen LogP contribution is -2.18. The second-order valence-corrected chi connectivity index (χ2v) is 5.83. The van der Waals surface area contributed by atoms with Gasteiger partial charge in [-0.2, -0.15) is 0 Å². The Labute approximate surface area is 136 Å². The van der Waals surface area contributed by atoms with E-state index in [9.17, 15) is 9.59 Å². The number of aromatic nitrogens is 1. The van der Waals surface area contributed by atoms with Crippen molar-refractivity contribution in [3.05, 3.63) is 68.4 Å². The van der Waals surface area contributed by atoms with E-state index in [1.165, 1.54) is 6.92 Å². The molecular formula is C17H11Cl2NO2. The largest absolute Gasteiger partial charge is 0.321 e. The molecule has 0 saturated heterocycles. The summed E-state index contributed by atoms with van der Waals surface area (Å²) in [6.45, 7) is 1.38. The predicted molar refractivity (Wildman–Crippen MR) is 90.0 cm³/mol. The van der Waals surface area contributed by atoms with Crippen LogP contribution in [-0.2, 0) is 0 Å². The second-order valence-electron chi connectivity index (χ2n) is 4.96. The van der Waals surface area contributed by atoms with Gasteiger partial charge in [-0.1, -0.05) is 35.3 Å². The first kappa shape index (κ1) is 14.8. The van der Waals surface area contributed by atoms with Gasteiger partial charge < -0.3 is 4.98 Å². The molecule has 5 heteroatoms. The Bertz CT molecular complexity index is 943. The maximum atomic E-state index is 12.3. The van der Waals surface area contributed by atoms with E-state index in [0.29, 0.717) is 21.1 Å². The van der Waals surface area contributed by atoms with E-state index >= 15 is 0 Å². The van der Waals surface area contributed by atoms with Crippen LogP contribution >= 0.6 is 23.2 Å². The molecular weight excluding hydrogens is 321 g/mol. The molecule has 0 saturated carbocycles. The predicted octanol–water partition coefficient (Wildman–Crippen LogP) is 4.70. The molecule has 22 heavy (non-hydrogen) atoms. The number of benzene rings is 2. The molecule has 110 valence electrons. The van der Waals surface area contributed by atoms with Crippen LogP contribution in [-0.4, -0.2) is 10.8 Å². The number of hydrogen-bond donors (Lipinski definition) is 1. The Morgan fingerprint density at radius 2 is 1.64 bits per heavy atom. The highest BCUT2D eigenvalue weighted by molar-refractivity contribution is 6.31. The molecule has 0 unspecified atom stereocenters. The van der Waals surface area contributed by atoms with Gasteiger partial charge in [-0.25, -0.2) is 0 Å². The Balaban J connectivity index is 2.49. The first-order valence-electron chi connectivity index (χ1n) is 6.60. The van der Waals surface area contributed by atoms with Gasteiger partial charge in [0.1, 0.15) is 0 Å². The summed E-state index contributed by atoms with van der Waals surface area (Å²) in [5.41, 5.74) is 1.66. The van der Waals surface area contributed by atoms with Crippen molar-refractivity contribution < 1.29 is 4.79 Å². The number of carbonyl (C=O) groups is 1. The van der Waals surface area contributed by atoms with E-state index in [-0.39, 0.29) is 11.3 Å². The number of pyridine rings is 1. The zero-order chi connectivity index (χ0) is 15.9. The molecule has 1 N–H and O–H groups in total. The van der Waals surface area contributed by atoms with Crippen molar-refractivity contribution in [3.63, 3.8) is 0 Å². The fourth-order valence-corrected chi connectivity index (χ4v) is 2.82. The molecule has 3 rings (SSSR count). The van der Waals surface area contributed by atoms with Gasteiger partial charge in [0.2, 0.25) is 0 Å². The molecule has 0 atom stereocenters. The lowest BCUT2D eigenvalue weighted by atomic mass is 9.94. The zero-order valence-electron chi connectivity index (χ0n) is 11.6. The summed E-state index contributed by atoms with van der Waals surface area (Å²) in [4.78, 5) is 27.0. The van der Waals surface area contributed by atoms with Crippen LogP contribution in [0.1, 0.15) is 17.3 Å². The fraction of sp³-hybridized carbons (Fsp3) is 0.0588. The van der Waals surface area contributed by atoms with Gasteiger partial charge in [-0.15, -0.1) is 0 Å². The summed E-state index contributed by atoms with van der Waals surface area (Å²) < 4.78 is 0. The van der Waals surface area contributed by atoms with Crippen molar-refractivity contribution in [1.82, 2.24) is 4.98 Å². The summed E-state index contributed by atoms with van der Waals surface area (Å²) in [6, 6.07) is 12.2. The number of halogens is 2. The first-order chi connectivity index (χ1) is 10.5. The molecule has 0 radical (unpaired) electrons. The van der Waals surface area contributed by atoms with Crippen molar-refractivity contribution in [2.45, 2.75) is 6.92 Å². The summed E-state index contributed by atoms with van der Waals surface area (Å²) in [5, 5.41) is 1.84. The number of ketones is 1. The number of carbonyl (C=O) groups excluding carboxylic acids is 1. The van der Waals surface area contributed by atoms with Crippen molar-refractivity contribution in [2.75, 3.05) is 0 Å². The van der Waals surface area contributed by atoms with Crippen LogP contribution in [0.5, 0.6) is 0 Å². The number of Topliss-reactive ketones (excluding diaryl/α,β-unsaturated/α-hetero) is 1. The van der Waals surface area contributed by atoms with Crippen molar-refractivity contribution >= 4 is 39.9 Å². The smallest absolute Gasteiger partial charge is 0.259 e. The Hall–Kier alpha value is -2.10. The van der Waals surface area contributed by atoms with E-state index in [4.69, 9.17) is 23.2 Å². The van der Waals surface area contributed by atoms with Crippen LogP contribution in [0.3, 0.4) is 0 Å². The van der Waals surface area contributed by atoms with Crippen molar-refractivity contribution in [3.8, 4) is 11.1 Å². The minimum absolute atomic E-state index is 0.122. The van der Waals surface area contributed by atoms with Crippen molar-refractivity contribution in [2.24, 2.45) is 0 Å². The number of rotatable bonds is 2. The standard InChI is InChI=1S/C17H11Cl2NO2/c1-9(21)15-16(10-2-4-11(18)5-3-10)13-8-12(19)6-7-14(13)20-17(15)22/h2-8H,1H3,(H,20,22). The Morgan fingerprint density at radius 1 is 1.00 bits per heavy atom. The molecule has 3 nitrogen and oxygen atoms in total. The van der Waals surface area contributed by atoms with Crippen LogP contribution in [0.25, 0.3) is 22.0 Å². The quantitative estimate of drug-likeness (QED) is 0.691. The molecule has 0 amide bonds. The van der Waals surface area contributed by atoms with Gasteiger partial charge >= 0.3 is 0 Å². The number of hydrogen-bond acceptors (Lipinski definition) is 2. The lowest BCUT2D eigenvalue weighted by Gasteiger charge is -2.11. The number of aromatic amines is 1. The molecule has 0 aliphatic carbocycles. The molecule has 1 heterocycles. The van der Waals surface area contributed by atoms with Crippen LogP contribution in [0.4, 0.5) is 0 Å². The van der Waals surface area contributed by atoms with E-state index in [1.807, 2.05) is 0 Å². The minimum atomic E-state index is -0.410. The molecule has 0 fully saturated rings. The fourth-order valence-electron chi connectivity index (χ4n) is 2.52. The molecule has 0 aliphatic heterocycles. The highest BCUT2D eigenvalue weighted by Gasteiger charge is 2.18. The highest BCUT2D eigenvalue weighted by atomic mass is 35.5. The molecule has 3 aromatic rings. The topological polar surface area (TPSA) is 49.9 Å². The normalized spacial score (nSPS) is 10.9. The minimum Gasteiger partial charge on any atom is -0.321 e. The summed E-state index contributed by atoms with van der Waals surface area (Å²) in [7, 11) is 0. The molecule has 0 spiro atoms. The van der Waals surface area contributed by atoms with E-state index in [0.717, 1.165) is 10.9 Å². The molecule has 0 bridgehead atoms. The molecule has 1 aromatic heterocycles. The number of H-pyrrole nitrogens is 1. The first-order valence-corrected chi connectivity index (χ1v) is 7.35. The number of fused-ring (bicyclic) bond motifs is 1. The van der Waals surface area contributed by atoms with Gasteiger partial charge in [0, 0.05) is 26.5 Å². The summed E-state index contributed by atoms with van der Waals surface area (Å²) in [6.07, 6.45) is 0. The third kappa shape index (κ3) is 2.54. The van der Waals surface area contributed by atoms with Crippen LogP contribution in [0.2, 0.25) is 10.0 Å². The maximum Gasteiger partial charge on any atom is 0.259 e.